The van der Waals surface area contributed by atoms with Crippen LogP contribution in [-0.2, 0) is 11.3 Å². The van der Waals surface area contributed by atoms with E-state index in [1.165, 1.54) is 19.2 Å². The second-order valence-electron chi connectivity index (χ2n) is 9.93. The fourth-order valence-electron chi connectivity index (χ4n) is 4.99. The lowest BCUT2D eigenvalue weighted by molar-refractivity contribution is -0.384. The molecule has 12 nitrogen and oxygen atoms in total. The first-order valence-electron chi connectivity index (χ1n) is 13.5. The highest BCUT2D eigenvalue weighted by Gasteiger charge is 2.22. The number of esters is 1. The molecule has 2 N–H and O–H groups in total. The lowest BCUT2D eigenvalue weighted by Gasteiger charge is -2.32. The highest BCUT2D eigenvalue weighted by Crippen LogP contribution is 2.31. The van der Waals surface area contributed by atoms with Gasteiger partial charge >= 0.3 is 5.97 Å². The molecule has 0 bridgehead atoms. The number of nitro groups is 1. The SMILES string of the molecule is COC(=O)c1ccc(Nc2nc(NC3CCN(Cc4ccc(OC)c(OC)c4)CC3)nc3ccc([N+](=O)[O-])cc23)cc1. The van der Waals surface area contributed by atoms with E-state index in [4.69, 9.17) is 19.2 Å². The summed E-state index contributed by atoms with van der Waals surface area (Å²) in [6, 6.07) is 17.4. The first-order chi connectivity index (χ1) is 20.4. The van der Waals surface area contributed by atoms with Crippen LogP contribution < -0.4 is 20.1 Å². The number of likely N-dealkylation sites (tertiary alicyclic amines) is 1. The highest BCUT2D eigenvalue weighted by molar-refractivity contribution is 5.94. The summed E-state index contributed by atoms with van der Waals surface area (Å²) in [6.45, 7) is 2.59. The van der Waals surface area contributed by atoms with Gasteiger partial charge in [0.25, 0.3) is 5.69 Å². The zero-order chi connectivity index (χ0) is 29.6. The number of carbonyl (C=O) groups is 1. The Morgan fingerprint density at radius 1 is 0.976 bits per heavy atom. The zero-order valence-corrected chi connectivity index (χ0v) is 23.6. The van der Waals surface area contributed by atoms with E-state index in [0.29, 0.717) is 45.4 Å². The summed E-state index contributed by atoms with van der Waals surface area (Å²) >= 11 is 0. The van der Waals surface area contributed by atoms with Gasteiger partial charge in [-0.05, 0) is 60.9 Å². The van der Waals surface area contributed by atoms with Crippen LogP contribution in [0.3, 0.4) is 0 Å². The number of piperidine rings is 1. The Morgan fingerprint density at radius 2 is 1.71 bits per heavy atom. The number of fused-ring (bicyclic) bond motifs is 1. The van der Waals surface area contributed by atoms with E-state index in [0.717, 1.165) is 38.0 Å². The van der Waals surface area contributed by atoms with Crippen molar-refractivity contribution in [2.24, 2.45) is 0 Å². The topological polar surface area (TPSA) is 141 Å². The predicted molar refractivity (Wildman–Crippen MR) is 159 cm³/mol. The minimum Gasteiger partial charge on any atom is -0.493 e. The number of non-ortho nitro benzene ring substituents is 1. The maximum absolute atomic E-state index is 11.8. The molecule has 0 radical (unpaired) electrons. The molecule has 12 heteroatoms. The van der Waals surface area contributed by atoms with Crippen LogP contribution >= 0.6 is 0 Å². The van der Waals surface area contributed by atoms with Gasteiger partial charge < -0.3 is 24.8 Å². The zero-order valence-electron chi connectivity index (χ0n) is 23.6. The molecule has 1 aliphatic heterocycles. The minimum absolute atomic E-state index is 0.0576. The molecule has 42 heavy (non-hydrogen) atoms. The number of hydrogen-bond acceptors (Lipinski definition) is 11. The van der Waals surface area contributed by atoms with Gasteiger partial charge in [0.2, 0.25) is 5.95 Å². The van der Waals surface area contributed by atoms with E-state index in [1.807, 2.05) is 12.1 Å². The second-order valence-corrected chi connectivity index (χ2v) is 9.93. The van der Waals surface area contributed by atoms with Gasteiger partial charge in [-0.2, -0.15) is 4.98 Å². The maximum Gasteiger partial charge on any atom is 0.337 e. The first-order valence-corrected chi connectivity index (χ1v) is 13.5. The van der Waals surface area contributed by atoms with E-state index in [9.17, 15) is 14.9 Å². The number of anilines is 3. The van der Waals surface area contributed by atoms with Crippen molar-refractivity contribution in [3.05, 3.63) is 81.9 Å². The van der Waals surface area contributed by atoms with Gasteiger partial charge in [0.05, 0.1) is 37.3 Å². The van der Waals surface area contributed by atoms with E-state index in [1.54, 1.807) is 44.6 Å². The molecule has 0 atom stereocenters. The van der Waals surface area contributed by atoms with Gasteiger partial charge in [-0.15, -0.1) is 0 Å². The summed E-state index contributed by atoms with van der Waals surface area (Å²) in [5.41, 5.74) is 2.73. The fourth-order valence-corrected chi connectivity index (χ4v) is 4.99. The van der Waals surface area contributed by atoms with E-state index in [-0.39, 0.29) is 11.7 Å². The molecule has 1 fully saturated rings. The van der Waals surface area contributed by atoms with Crippen molar-refractivity contribution in [1.29, 1.82) is 0 Å². The van der Waals surface area contributed by atoms with Gasteiger partial charge in [0.15, 0.2) is 11.5 Å². The molecule has 1 aromatic heterocycles. The van der Waals surface area contributed by atoms with Crippen LogP contribution in [0.15, 0.2) is 60.7 Å². The number of aromatic nitrogens is 2. The van der Waals surface area contributed by atoms with Crippen molar-refractivity contribution in [3.63, 3.8) is 0 Å². The second kappa shape index (κ2) is 12.7. The Hall–Kier alpha value is -4.97. The monoisotopic (exact) mass is 572 g/mol. The van der Waals surface area contributed by atoms with Crippen LogP contribution in [0.4, 0.5) is 23.1 Å². The number of nitro benzene ring substituents is 1. The molecule has 0 unspecified atom stereocenters. The Kier molecular flexibility index (Phi) is 8.63. The molecule has 3 aromatic carbocycles. The Bertz CT molecular complexity index is 1590. The van der Waals surface area contributed by atoms with Gasteiger partial charge in [-0.3, -0.25) is 15.0 Å². The number of carbonyl (C=O) groups excluding carboxylic acids is 1. The van der Waals surface area contributed by atoms with Crippen molar-refractivity contribution in [2.45, 2.75) is 25.4 Å². The summed E-state index contributed by atoms with van der Waals surface area (Å²) in [6.07, 6.45) is 1.79. The molecular formula is C30H32N6O6. The number of ether oxygens (including phenoxy) is 3. The molecule has 218 valence electrons. The molecule has 1 saturated heterocycles. The average Bonchev–Trinajstić information content (AvgIpc) is 3.01. The molecule has 4 aromatic rings. The number of methoxy groups -OCH3 is 3. The van der Waals surface area contributed by atoms with Crippen molar-refractivity contribution >= 4 is 40.0 Å². The quantitative estimate of drug-likeness (QED) is 0.148. The molecule has 0 spiro atoms. The maximum atomic E-state index is 11.8. The lowest BCUT2D eigenvalue weighted by Crippen LogP contribution is -2.39. The van der Waals surface area contributed by atoms with Crippen LogP contribution in [0.2, 0.25) is 0 Å². The summed E-state index contributed by atoms with van der Waals surface area (Å²) < 4.78 is 15.5. The summed E-state index contributed by atoms with van der Waals surface area (Å²) in [5.74, 6) is 1.84. The van der Waals surface area contributed by atoms with Crippen molar-refractivity contribution in [3.8, 4) is 11.5 Å². The minimum atomic E-state index is -0.448. The van der Waals surface area contributed by atoms with Crippen LogP contribution in [0.1, 0.15) is 28.8 Å². The Labute approximate surface area is 242 Å². The molecule has 2 heterocycles. The number of rotatable bonds is 10. The molecule has 5 rings (SSSR count). The van der Waals surface area contributed by atoms with Gasteiger partial charge in [0.1, 0.15) is 5.82 Å². The van der Waals surface area contributed by atoms with Gasteiger partial charge in [-0.1, -0.05) is 6.07 Å². The Balaban J connectivity index is 1.31. The van der Waals surface area contributed by atoms with Crippen LogP contribution in [0.5, 0.6) is 11.5 Å². The lowest BCUT2D eigenvalue weighted by atomic mass is 10.0. The van der Waals surface area contributed by atoms with E-state index < -0.39 is 10.9 Å². The van der Waals surface area contributed by atoms with Crippen molar-refractivity contribution in [2.75, 3.05) is 45.1 Å². The first kappa shape index (κ1) is 28.6. The molecule has 1 aliphatic rings. The summed E-state index contributed by atoms with van der Waals surface area (Å²) in [5, 5.41) is 18.7. The number of nitrogens with zero attached hydrogens (tertiary/aromatic N) is 4. The predicted octanol–water partition coefficient (Wildman–Crippen LogP) is 5.16. The van der Waals surface area contributed by atoms with Gasteiger partial charge in [-0.25, -0.2) is 9.78 Å². The van der Waals surface area contributed by atoms with E-state index >= 15 is 0 Å². The third-order valence-electron chi connectivity index (χ3n) is 7.23. The molecule has 0 aliphatic carbocycles. The molecule has 0 saturated carbocycles. The van der Waals surface area contributed by atoms with Crippen molar-refractivity contribution < 1.29 is 23.9 Å². The fraction of sp³-hybridized carbons (Fsp3) is 0.300. The summed E-state index contributed by atoms with van der Waals surface area (Å²) in [4.78, 5) is 34.6. The Morgan fingerprint density at radius 3 is 2.38 bits per heavy atom. The van der Waals surface area contributed by atoms with Crippen LogP contribution in [-0.4, -0.2) is 66.2 Å². The van der Waals surface area contributed by atoms with Crippen molar-refractivity contribution in [1.82, 2.24) is 14.9 Å². The molecular weight excluding hydrogens is 540 g/mol. The average molecular weight is 573 g/mol. The normalized spacial score (nSPS) is 13.9. The van der Waals surface area contributed by atoms with E-state index in [2.05, 4.69) is 26.6 Å². The van der Waals surface area contributed by atoms with Gasteiger partial charge in [0, 0.05) is 48.9 Å². The largest absolute Gasteiger partial charge is 0.493 e. The number of nitrogens with one attached hydrogen (secondary N) is 2. The third kappa shape index (κ3) is 6.50. The standard InChI is InChI=1S/C30H32N6O6/c1-40-26-11-4-19(16-27(26)41-2)18-35-14-12-22(13-15-35)32-30-33-25-10-9-23(36(38)39)17-24(25)28(34-30)31-21-7-5-20(6-8-21)29(37)42-3/h4-11,16-17,22H,12-15,18H2,1-3H3,(H2,31,32,33,34). The number of benzene rings is 3. The molecule has 0 amide bonds. The van der Waals surface area contributed by atoms with Crippen LogP contribution in [0.25, 0.3) is 10.9 Å². The summed E-state index contributed by atoms with van der Waals surface area (Å²) in [7, 11) is 4.59. The smallest absolute Gasteiger partial charge is 0.337 e. The third-order valence-corrected chi connectivity index (χ3v) is 7.23. The number of hydrogen-bond donors (Lipinski definition) is 2. The highest BCUT2D eigenvalue weighted by atomic mass is 16.6. The van der Waals surface area contributed by atoms with Crippen LogP contribution in [0, 0.1) is 10.1 Å².